The Balaban J connectivity index is 1.59. The monoisotopic (exact) mass is 427 g/mol. The van der Waals surface area contributed by atoms with Crippen molar-refractivity contribution in [3.63, 3.8) is 0 Å². The maximum Gasteiger partial charge on any atom is 0.300 e. The summed E-state index contributed by atoms with van der Waals surface area (Å²) in [5.41, 5.74) is 4.03. The molecule has 2 aromatic heterocycles. The highest BCUT2D eigenvalue weighted by Gasteiger charge is 2.17. The number of nitrogens with one attached hydrogen (secondary N) is 1. The van der Waals surface area contributed by atoms with Gasteiger partial charge in [0.05, 0.1) is 21.3 Å². The summed E-state index contributed by atoms with van der Waals surface area (Å²) >= 11 is 0. The number of nitrogens with zero attached hydrogens (tertiary/aromatic N) is 2. The first-order valence-corrected chi connectivity index (χ1v) is 10.0. The average Bonchev–Trinajstić information content (AvgIpc) is 3.25. The minimum Gasteiger partial charge on any atom is -0.493 e. The highest BCUT2D eigenvalue weighted by molar-refractivity contribution is 6.02. The van der Waals surface area contributed by atoms with Crippen molar-refractivity contribution in [1.82, 2.24) is 9.97 Å². The Labute approximate surface area is 184 Å². The molecule has 7 nitrogen and oxygen atoms in total. The largest absolute Gasteiger partial charge is 0.493 e. The average molecular weight is 427 g/mol. The SMILES string of the molecule is COc1cc(Nc2nc3cccc(-c4cncc5ccccc45)c3o2)cc(OC)c1OC. The van der Waals surface area contributed by atoms with Gasteiger partial charge in [0.15, 0.2) is 17.1 Å². The summed E-state index contributed by atoms with van der Waals surface area (Å²) in [6, 6.07) is 18.0. The Morgan fingerprint density at radius 1 is 0.812 bits per heavy atom. The van der Waals surface area contributed by atoms with Crippen molar-refractivity contribution in [3.05, 3.63) is 67.0 Å². The van der Waals surface area contributed by atoms with Gasteiger partial charge in [0.25, 0.3) is 6.01 Å². The van der Waals surface area contributed by atoms with Gasteiger partial charge >= 0.3 is 0 Å². The van der Waals surface area contributed by atoms with E-state index in [1.165, 1.54) is 0 Å². The number of oxazole rings is 1. The number of hydrogen-bond donors (Lipinski definition) is 1. The van der Waals surface area contributed by atoms with E-state index in [9.17, 15) is 0 Å². The van der Waals surface area contributed by atoms with Crippen LogP contribution in [-0.2, 0) is 0 Å². The number of fused-ring (bicyclic) bond motifs is 2. The lowest BCUT2D eigenvalue weighted by Crippen LogP contribution is -1.97. The summed E-state index contributed by atoms with van der Waals surface area (Å²) in [5.74, 6) is 1.59. The van der Waals surface area contributed by atoms with Crippen LogP contribution in [0, 0.1) is 0 Å². The number of hydrogen-bond acceptors (Lipinski definition) is 7. The van der Waals surface area contributed by atoms with Gasteiger partial charge in [-0.2, -0.15) is 4.98 Å². The van der Waals surface area contributed by atoms with Crippen LogP contribution in [0.5, 0.6) is 17.2 Å². The highest BCUT2D eigenvalue weighted by Crippen LogP contribution is 2.41. The lowest BCUT2D eigenvalue weighted by Gasteiger charge is -2.14. The van der Waals surface area contributed by atoms with Crippen molar-refractivity contribution in [2.75, 3.05) is 26.6 Å². The predicted octanol–water partition coefficient (Wildman–Crippen LogP) is 5.81. The first-order valence-electron chi connectivity index (χ1n) is 10.0. The van der Waals surface area contributed by atoms with E-state index in [1.54, 1.807) is 33.5 Å². The molecule has 0 fully saturated rings. The Bertz CT molecular complexity index is 1400. The third-order valence-electron chi connectivity index (χ3n) is 5.29. The number of rotatable bonds is 6. The zero-order chi connectivity index (χ0) is 22.1. The number of benzene rings is 3. The van der Waals surface area contributed by atoms with Crippen LogP contribution in [0.15, 0.2) is 71.4 Å². The molecule has 0 radical (unpaired) electrons. The first kappa shape index (κ1) is 19.7. The Morgan fingerprint density at radius 2 is 1.59 bits per heavy atom. The van der Waals surface area contributed by atoms with Crippen molar-refractivity contribution < 1.29 is 18.6 Å². The standard InChI is InChI=1S/C25H21N3O4/c1-29-21-11-16(12-22(30-2)24(21)31-3)27-25-28-20-10-6-9-18(23(20)32-25)19-14-26-13-15-7-4-5-8-17(15)19/h4-14H,1-3H3,(H,27,28). The molecule has 0 spiro atoms. The summed E-state index contributed by atoms with van der Waals surface area (Å²) in [4.78, 5) is 9.02. The molecule has 0 saturated carbocycles. The molecule has 0 atom stereocenters. The molecule has 3 aromatic carbocycles. The Morgan fingerprint density at radius 3 is 2.34 bits per heavy atom. The van der Waals surface area contributed by atoms with Crippen LogP contribution < -0.4 is 19.5 Å². The Kier molecular flexibility index (Phi) is 4.99. The van der Waals surface area contributed by atoms with Gasteiger partial charge < -0.3 is 23.9 Å². The van der Waals surface area contributed by atoms with E-state index in [1.807, 2.05) is 48.8 Å². The van der Waals surface area contributed by atoms with E-state index >= 15 is 0 Å². The van der Waals surface area contributed by atoms with Gasteiger partial charge in [-0.15, -0.1) is 0 Å². The highest BCUT2D eigenvalue weighted by atomic mass is 16.5. The predicted molar refractivity (Wildman–Crippen MR) is 124 cm³/mol. The zero-order valence-electron chi connectivity index (χ0n) is 17.9. The van der Waals surface area contributed by atoms with E-state index in [2.05, 4.69) is 21.4 Å². The number of pyridine rings is 1. The molecule has 0 bridgehead atoms. The van der Waals surface area contributed by atoms with Crippen LogP contribution in [0.3, 0.4) is 0 Å². The van der Waals surface area contributed by atoms with E-state index in [4.69, 9.17) is 18.6 Å². The summed E-state index contributed by atoms with van der Waals surface area (Å²) in [5, 5.41) is 5.37. The fourth-order valence-electron chi connectivity index (χ4n) is 3.82. The van der Waals surface area contributed by atoms with Crippen molar-refractivity contribution in [3.8, 4) is 28.4 Å². The second-order valence-electron chi connectivity index (χ2n) is 7.12. The number of ether oxygens (including phenoxy) is 3. The molecule has 0 unspecified atom stereocenters. The van der Waals surface area contributed by atoms with Crippen LogP contribution in [0.2, 0.25) is 0 Å². The van der Waals surface area contributed by atoms with E-state index in [0.29, 0.717) is 34.5 Å². The quantitative estimate of drug-likeness (QED) is 0.366. The summed E-state index contributed by atoms with van der Waals surface area (Å²) in [6.07, 6.45) is 3.71. The smallest absolute Gasteiger partial charge is 0.300 e. The van der Waals surface area contributed by atoms with Crippen molar-refractivity contribution in [2.45, 2.75) is 0 Å². The van der Waals surface area contributed by atoms with Crippen LogP contribution in [0.1, 0.15) is 0 Å². The third kappa shape index (κ3) is 3.33. The van der Waals surface area contributed by atoms with Gasteiger partial charge in [-0.25, -0.2) is 0 Å². The van der Waals surface area contributed by atoms with Gasteiger partial charge in [-0.05, 0) is 11.5 Å². The van der Waals surface area contributed by atoms with Crippen molar-refractivity contribution in [2.24, 2.45) is 0 Å². The van der Waals surface area contributed by atoms with Crippen LogP contribution in [0.25, 0.3) is 33.0 Å². The van der Waals surface area contributed by atoms with Crippen molar-refractivity contribution in [1.29, 1.82) is 0 Å². The number of aromatic nitrogens is 2. The fourth-order valence-corrected chi connectivity index (χ4v) is 3.82. The molecule has 0 saturated heterocycles. The maximum absolute atomic E-state index is 6.15. The number of para-hydroxylation sites is 1. The van der Waals surface area contributed by atoms with Crippen LogP contribution in [-0.4, -0.2) is 31.3 Å². The van der Waals surface area contributed by atoms with Gasteiger partial charge in [0, 0.05) is 46.7 Å². The molecule has 0 aliphatic rings. The number of anilines is 2. The first-order chi connectivity index (χ1) is 15.7. The summed E-state index contributed by atoms with van der Waals surface area (Å²) < 4.78 is 22.4. The molecule has 160 valence electrons. The fraction of sp³-hybridized carbons (Fsp3) is 0.120. The number of methoxy groups -OCH3 is 3. The lowest BCUT2D eigenvalue weighted by molar-refractivity contribution is 0.324. The van der Waals surface area contributed by atoms with Crippen LogP contribution >= 0.6 is 0 Å². The summed E-state index contributed by atoms with van der Waals surface area (Å²) in [6.45, 7) is 0. The van der Waals surface area contributed by atoms with E-state index in [-0.39, 0.29) is 0 Å². The van der Waals surface area contributed by atoms with Gasteiger partial charge in [-0.3, -0.25) is 4.98 Å². The van der Waals surface area contributed by atoms with E-state index < -0.39 is 0 Å². The molecule has 7 heteroatoms. The summed E-state index contributed by atoms with van der Waals surface area (Å²) in [7, 11) is 4.72. The topological polar surface area (TPSA) is 78.6 Å². The zero-order valence-corrected chi connectivity index (χ0v) is 17.9. The minimum atomic E-state index is 0.356. The molecular weight excluding hydrogens is 406 g/mol. The van der Waals surface area contributed by atoms with Gasteiger partial charge in [0.2, 0.25) is 5.75 Å². The van der Waals surface area contributed by atoms with Gasteiger partial charge in [0.1, 0.15) is 5.52 Å². The molecule has 2 heterocycles. The molecule has 5 rings (SSSR count). The molecule has 0 aliphatic heterocycles. The molecule has 5 aromatic rings. The second-order valence-corrected chi connectivity index (χ2v) is 7.12. The van der Waals surface area contributed by atoms with Crippen molar-refractivity contribution >= 4 is 33.6 Å². The van der Waals surface area contributed by atoms with Gasteiger partial charge in [-0.1, -0.05) is 36.4 Å². The maximum atomic E-state index is 6.15. The molecule has 0 amide bonds. The molecule has 32 heavy (non-hydrogen) atoms. The van der Waals surface area contributed by atoms with E-state index in [0.717, 1.165) is 27.4 Å². The third-order valence-corrected chi connectivity index (χ3v) is 5.29. The molecular formula is C25H21N3O4. The normalized spacial score (nSPS) is 11.0. The second kappa shape index (κ2) is 8.11. The Hall–Kier alpha value is -4.26. The molecule has 0 aliphatic carbocycles. The lowest BCUT2D eigenvalue weighted by atomic mass is 10.0. The molecule has 1 N–H and O–H groups in total. The van der Waals surface area contributed by atoms with Crippen LogP contribution in [0.4, 0.5) is 11.7 Å². The minimum absolute atomic E-state index is 0.356.